The van der Waals surface area contributed by atoms with Gasteiger partial charge in [0.05, 0.1) is 32.0 Å². The van der Waals surface area contributed by atoms with Crippen LogP contribution in [-0.4, -0.2) is 37.2 Å². The predicted octanol–water partition coefficient (Wildman–Crippen LogP) is 4.38. The van der Waals surface area contributed by atoms with Crippen LogP contribution in [0.4, 0.5) is 0 Å². The topological polar surface area (TPSA) is 84.8 Å². The molecule has 9 heteroatoms. The number of aliphatic imine (C=N–C) groups is 1. The van der Waals surface area contributed by atoms with Gasteiger partial charge in [0.25, 0.3) is 0 Å². The Labute approximate surface area is 199 Å². The lowest BCUT2D eigenvalue weighted by Gasteiger charge is -2.16. The molecule has 0 radical (unpaired) electrons. The minimum Gasteiger partial charge on any atom is -0.496 e. The number of ether oxygens (including phenoxy) is 2. The maximum absolute atomic E-state index is 12.0. The van der Waals surface area contributed by atoms with Crippen LogP contribution in [0.3, 0.4) is 0 Å². The molecule has 166 valence electrons. The number of nitrogens with zero attached hydrogens (tertiary/aromatic N) is 2. The maximum atomic E-state index is 12.0. The normalized spacial score (nSPS) is 12.0. The average Bonchev–Trinajstić information content (AvgIpc) is 3.08. The molecule has 2 N–H and O–H groups in total. The first kappa shape index (κ1) is 26.2. The van der Waals surface area contributed by atoms with Gasteiger partial charge in [0.1, 0.15) is 15.6 Å². The Bertz CT molecular complexity index is 870. The maximum Gasteiger partial charge on any atom is 0.350 e. The van der Waals surface area contributed by atoms with Crippen molar-refractivity contribution in [2.24, 2.45) is 4.99 Å². The monoisotopic (exact) mass is 546 g/mol. The number of methoxy groups -OCH3 is 1. The van der Waals surface area contributed by atoms with Gasteiger partial charge in [0.15, 0.2) is 5.96 Å². The number of benzene rings is 1. The van der Waals surface area contributed by atoms with Crippen molar-refractivity contribution < 1.29 is 14.3 Å². The highest BCUT2D eigenvalue weighted by Gasteiger charge is 2.20. The molecule has 1 atom stereocenters. The molecule has 2 rings (SSSR count). The third kappa shape index (κ3) is 7.12. The molecule has 0 aliphatic heterocycles. The third-order valence-electron chi connectivity index (χ3n) is 4.22. The number of nitrogens with one attached hydrogen (secondary N) is 2. The fraction of sp³-hybridized carbons (Fsp3) is 0.476. The quantitative estimate of drug-likeness (QED) is 0.221. The van der Waals surface area contributed by atoms with E-state index < -0.39 is 0 Å². The molecule has 1 aromatic carbocycles. The van der Waals surface area contributed by atoms with E-state index in [2.05, 4.69) is 26.7 Å². The van der Waals surface area contributed by atoms with Gasteiger partial charge in [-0.2, -0.15) is 0 Å². The first-order chi connectivity index (χ1) is 13.9. The van der Waals surface area contributed by atoms with Crippen molar-refractivity contribution in [3.63, 3.8) is 0 Å². The Morgan fingerprint density at radius 3 is 2.63 bits per heavy atom. The lowest BCUT2D eigenvalue weighted by Crippen LogP contribution is -2.38. The smallest absolute Gasteiger partial charge is 0.350 e. The van der Waals surface area contributed by atoms with Gasteiger partial charge in [-0.3, -0.25) is 0 Å². The SMILES string of the molecule is CCNC(=NCc1ccc(OC)c(C)c1)NC(C)c1nc(C)c(C(=O)OCC)s1.I. The summed E-state index contributed by atoms with van der Waals surface area (Å²) < 4.78 is 10.4. The van der Waals surface area contributed by atoms with Crippen molar-refractivity contribution >= 4 is 47.2 Å². The number of guanidine groups is 1. The second-order valence-electron chi connectivity index (χ2n) is 6.55. The Morgan fingerprint density at radius 2 is 2.03 bits per heavy atom. The number of halogens is 1. The van der Waals surface area contributed by atoms with Crippen LogP contribution >= 0.6 is 35.3 Å². The standard InChI is InChI=1S/C21H30N4O3S.HI/c1-7-22-21(23-12-16-9-10-17(27-6)13(3)11-16)25-15(5)19-24-14(4)18(29-19)20(26)28-8-2;/h9-11,15H,7-8,12H2,1-6H3,(H2,22,23,25);1H. The molecule has 0 bridgehead atoms. The first-order valence-electron chi connectivity index (χ1n) is 9.72. The van der Waals surface area contributed by atoms with E-state index in [0.29, 0.717) is 29.7 Å². The summed E-state index contributed by atoms with van der Waals surface area (Å²) in [7, 11) is 1.67. The van der Waals surface area contributed by atoms with E-state index in [1.165, 1.54) is 11.3 Å². The molecule has 0 aliphatic rings. The molecule has 0 saturated carbocycles. The summed E-state index contributed by atoms with van der Waals surface area (Å²) >= 11 is 1.35. The van der Waals surface area contributed by atoms with Gasteiger partial charge < -0.3 is 20.1 Å². The number of rotatable bonds is 8. The van der Waals surface area contributed by atoms with Crippen molar-refractivity contribution in [2.75, 3.05) is 20.3 Å². The van der Waals surface area contributed by atoms with Crippen LogP contribution < -0.4 is 15.4 Å². The summed E-state index contributed by atoms with van der Waals surface area (Å²) in [6.45, 7) is 11.3. The van der Waals surface area contributed by atoms with E-state index in [4.69, 9.17) is 9.47 Å². The zero-order chi connectivity index (χ0) is 21.4. The van der Waals surface area contributed by atoms with E-state index >= 15 is 0 Å². The van der Waals surface area contributed by atoms with Crippen molar-refractivity contribution in [1.29, 1.82) is 0 Å². The second-order valence-corrected chi connectivity index (χ2v) is 7.58. The number of hydrogen-bond donors (Lipinski definition) is 2. The fourth-order valence-electron chi connectivity index (χ4n) is 2.78. The molecule has 1 aromatic heterocycles. The molecule has 0 fully saturated rings. The minimum absolute atomic E-state index is 0. The lowest BCUT2D eigenvalue weighted by molar-refractivity contribution is 0.0531. The Kier molecular flexibility index (Phi) is 11.1. The molecule has 7 nitrogen and oxygen atoms in total. The molecule has 0 amide bonds. The van der Waals surface area contributed by atoms with Crippen LogP contribution in [0, 0.1) is 13.8 Å². The summed E-state index contributed by atoms with van der Waals surface area (Å²) in [5.74, 6) is 1.24. The number of hydrogen-bond acceptors (Lipinski definition) is 6. The summed E-state index contributed by atoms with van der Waals surface area (Å²) in [6, 6.07) is 5.94. The van der Waals surface area contributed by atoms with Gasteiger partial charge in [-0.1, -0.05) is 12.1 Å². The van der Waals surface area contributed by atoms with Crippen LogP contribution in [0.15, 0.2) is 23.2 Å². The first-order valence-corrected chi connectivity index (χ1v) is 10.5. The number of aryl methyl sites for hydroxylation is 2. The number of carbonyl (C=O) groups excluding carboxylic acids is 1. The highest BCUT2D eigenvalue weighted by molar-refractivity contribution is 14.0. The number of aromatic nitrogens is 1. The molecule has 0 spiro atoms. The average molecular weight is 546 g/mol. The van der Waals surface area contributed by atoms with Crippen molar-refractivity contribution in [3.8, 4) is 5.75 Å². The van der Waals surface area contributed by atoms with E-state index in [0.717, 1.165) is 28.4 Å². The van der Waals surface area contributed by atoms with Crippen molar-refractivity contribution in [3.05, 3.63) is 44.9 Å². The van der Waals surface area contributed by atoms with E-state index in [-0.39, 0.29) is 36.0 Å². The summed E-state index contributed by atoms with van der Waals surface area (Å²) in [5.41, 5.74) is 2.87. The Morgan fingerprint density at radius 1 is 1.30 bits per heavy atom. The highest BCUT2D eigenvalue weighted by Crippen LogP contribution is 2.24. The zero-order valence-electron chi connectivity index (χ0n) is 18.4. The molecule has 0 saturated heterocycles. The van der Waals surface area contributed by atoms with Crippen LogP contribution in [0.5, 0.6) is 5.75 Å². The molecular weight excluding hydrogens is 515 g/mol. The summed E-state index contributed by atoms with van der Waals surface area (Å²) in [5, 5.41) is 7.43. The van der Waals surface area contributed by atoms with Gasteiger partial charge in [-0.15, -0.1) is 35.3 Å². The summed E-state index contributed by atoms with van der Waals surface area (Å²) in [6.07, 6.45) is 0. The van der Waals surface area contributed by atoms with E-state index in [1.54, 1.807) is 14.0 Å². The van der Waals surface area contributed by atoms with Crippen molar-refractivity contribution in [1.82, 2.24) is 15.6 Å². The molecule has 2 aromatic rings. The van der Waals surface area contributed by atoms with Crippen LogP contribution in [0.25, 0.3) is 0 Å². The zero-order valence-corrected chi connectivity index (χ0v) is 21.5. The second kappa shape index (κ2) is 12.7. The predicted molar refractivity (Wildman–Crippen MR) is 132 cm³/mol. The Balaban J connectivity index is 0.00000450. The van der Waals surface area contributed by atoms with Gasteiger partial charge >= 0.3 is 5.97 Å². The van der Waals surface area contributed by atoms with Crippen LogP contribution in [-0.2, 0) is 11.3 Å². The molecule has 1 unspecified atom stereocenters. The largest absolute Gasteiger partial charge is 0.496 e. The number of thiazole rings is 1. The minimum atomic E-state index is -0.323. The molecule has 0 aliphatic carbocycles. The van der Waals surface area contributed by atoms with Crippen LogP contribution in [0.2, 0.25) is 0 Å². The van der Waals surface area contributed by atoms with Gasteiger partial charge in [-0.05, 0) is 51.8 Å². The van der Waals surface area contributed by atoms with Gasteiger partial charge in [0.2, 0.25) is 0 Å². The Hall–Kier alpha value is -1.88. The highest BCUT2D eigenvalue weighted by atomic mass is 127. The van der Waals surface area contributed by atoms with E-state index in [9.17, 15) is 4.79 Å². The van der Waals surface area contributed by atoms with Crippen molar-refractivity contribution in [2.45, 2.75) is 47.2 Å². The third-order valence-corrected chi connectivity index (χ3v) is 5.54. The van der Waals surface area contributed by atoms with Gasteiger partial charge in [-0.25, -0.2) is 14.8 Å². The number of carbonyl (C=O) groups is 1. The van der Waals surface area contributed by atoms with Gasteiger partial charge in [0, 0.05) is 6.54 Å². The summed E-state index contributed by atoms with van der Waals surface area (Å²) in [4.78, 5) is 21.8. The molecule has 30 heavy (non-hydrogen) atoms. The van der Waals surface area contributed by atoms with E-state index in [1.807, 2.05) is 39.8 Å². The fourth-order valence-corrected chi connectivity index (χ4v) is 3.75. The number of esters is 1. The lowest BCUT2D eigenvalue weighted by atomic mass is 10.1. The molecule has 1 heterocycles. The van der Waals surface area contributed by atoms with Crippen LogP contribution in [0.1, 0.15) is 58.3 Å². The molecular formula is C21H31IN4O3S.